The van der Waals surface area contributed by atoms with Gasteiger partial charge in [-0.05, 0) is 136 Å². The molecule has 336 valence electrons. The van der Waals surface area contributed by atoms with E-state index >= 15 is 0 Å². The van der Waals surface area contributed by atoms with Crippen LogP contribution in [0.15, 0.2) is 157 Å². The zero-order valence-electron chi connectivity index (χ0n) is 39.7. The molecule has 6 aromatic carbocycles. The van der Waals surface area contributed by atoms with Gasteiger partial charge in [-0.2, -0.15) is 8.78 Å². The molecular formula is C57H68F4OS. The lowest BCUT2D eigenvalue weighted by molar-refractivity contribution is 0.175. The van der Waals surface area contributed by atoms with Crippen molar-refractivity contribution in [2.24, 2.45) is 0 Å². The van der Waals surface area contributed by atoms with E-state index in [2.05, 4.69) is 158 Å². The summed E-state index contributed by atoms with van der Waals surface area (Å²) in [6, 6.07) is 47.0. The van der Waals surface area contributed by atoms with Crippen LogP contribution in [0, 0.1) is 27.7 Å². The summed E-state index contributed by atoms with van der Waals surface area (Å²) in [4.78, 5) is 0. The number of allylic oxidation sites excluding steroid dienone is 3. The first-order valence-electron chi connectivity index (χ1n) is 21.8. The highest BCUT2D eigenvalue weighted by Gasteiger charge is 2.08. The van der Waals surface area contributed by atoms with E-state index in [1.165, 1.54) is 71.6 Å². The maximum atomic E-state index is 11.9. The highest BCUT2D eigenvalue weighted by Crippen LogP contribution is 2.36. The van der Waals surface area contributed by atoms with Crippen LogP contribution in [-0.2, 0) is 24.2 Å². The Balaban J connectivity index is 0.000000279. The zero-order chi connectivity index (χ0) is 47.1. The number of aryl methyl sites for hydroxylation is 6. The van der Waals surface area contributed by atoms with Crippen LogP contribution < -0.4 is 0 Å². The second-order valence-corrected chi connectivity index (χ2v) is 16.4. The summed E-state index contributed by atoms with van der Waals surface area (Å²) < 4.78 is 54.2. The summed E-state index contributed by atoms with van der Waals surface area (Å²) in [5, 5.41) is 2.85. The molecule has 1 aromatic heterocycles. The van der Waals surface area contributed by atoms with E-state index in [0.717, 1.165) is 37.8 Å². The lowest BCUT2D eigenvalue weighted by Gasteiger charge is -2.08. The van der Waals surface area contributed by atoms with Crippen LogP contribution in [0.5, 0.6) is 0 Å². The van der Waals surface area contributed by atoms with Crippen LogP contribution in [0.25, 0.3) is 31.3 Å². The van der Waals surface area contributed by atoms with E-state index in [9.17, 15) is 17.6 Å². The Hall–Kier alpha value is -5.46. The molecule has 0 unspecified atom stereocenters. The van der Waals surface area contributed by atoms with Crippen molar-refractivity contribution in [2.75, 3.05) is 0 Å². The molecule has 0 aliphatic heterocycles. The number of rotatable bonds is 7. The first kappa shape index (κ1) is 53.7. The van der Waals surface area contributed by atoms with Crippen LogP contribution in [0.2, 0.25) is 0 Å². The normalized spacial score (nSPS) is 10.6. The summed E-state index contributed by atoms with van der Waals surface area (Å²) in [5.41, 5.74) is 13.0. The minimum Gasteiger partial charge on any atom is -0.488 e. The number of benzene rings is 6. The highest BCUT2D eigenvalue weighted by atomic mass is 32.1. The van der Waals surface area contributed by atoms with Crippen molar-refractivity contribution in [1.82, 2.24) is 0 Å². The molecule has 1 heterocycles. The number of thiophene rings is 1. The van der Waals surface area contributed by atoms with Gasteiger partial charge in [-0.3, -0.25) is 0 Å². The van der Waals surface area contributed by atoms with Gasteiger partial charge in [-0.1, -0.05) is 162 Å². The van der Waals surface area contributed by atoms with E-state index in [0.29, 0.717) is 5.92 Å². The van der Waals surface area contributed by atoms with E-state index in [4.69, 9.17) is 4.74 Å². The fourth-order valence-corrected chi connectivity index (χ4v) is 6.99. The van der Waals surface area contributed by atoms with Gasteiger partial charge in [-0.25, -0.2) is 8.78 Å². The summed E-state index contributed by atoms with van der Waals surface area (Å²) in [5.74, 6) is -1.20. The molecule has 0 bridgehead atoms. The average molecular weight is 877 g/mol. The van der Waals surface area contributed by atoms with Crippen molar-refractivity contribution in [3.8, 4) is 11.1 Å². The Kier molecular flexibility index (Phi) is 24.1. The second kappa shape index (κ2) is 28.3. The predicted octanol–water partition coefficient (Wildman–Crippen LogP) is 19.1. The SMILES string of the molecule is C/C(F)=C(\C)F.CC.CC(OCc1ccc(C)cc1)=C(F)F.CCc1ccc(C)cc1.CCc1ccc2sc3ccc(C(C)C)cc3c2c1.Cc1ccccc1-c1ccccc1C. The minimum atomic E-state index is -1.77. The first-order chi connectivity index (χ1) is 30.0. The first-order valence-corrected chi connectivity index (χ1v) is 22.7. The molecule has 0 spiro atoms. The van der Waals surface area contributed by atoms with E-state index in [1.54, 1.807) is 0 Å². The molecule has 0 radical (unpaired) electrons. The molecule has 63 heavy (non-hydrogen) atoms. The fraction of sp³-hybridized carbons (Fsp3) is 0.298. The Morgan fingerprint density at radius 1 is 0.524 bits per heavy atom. The van der Waals surface area contributed by atoms with Gasteiger partial charge >= 0.3 is 6.08 Å². The van der Waals surface area contributed by atoms with Crippen LogP contribution in [0.4, 0.5) is 17.6 Å². The molecule has 0 amide bonds. The van der Waals surface area contributed by atoms with Crippen molar-refractivity contribution < 1.29 is 22.3 Å². The van der Waals surface area contributed by atoms with Crippen molar-refractivity contribution in [3.05, 3.63) is 201 Å². The van der Waals surface area contributed by atoms with Gasteiger partial charge in [0.2, 0.25) is 0 Å². The lowest BCUT2D eigenvalue weighted by Crippen LogP contribution is -1.91. The van der Waals surface area contributed by atoms with E-state index < -0.39 is 17.7 Å². The molecule has 0 fully saturated rings. The third-order valence-corrected chi connectivity index (χ3v) is 11.2. The van der Waals surface area contributed by atoms with Crippen LogP contribution in [0.3, 0.4) is 0 Å². The lowest BCUT2D eigenvalue weighted by atomic mass is 9.97. The molecule has 6 heteroatoms. The van der Waals surface area contributed by atoms with Crippen LogP contribution in [0.1, 0.15) is 113 Å². The molecule has 0 saturated heterocycles. The molecule has 0 saturated carbocycles. The quantitative estimate of drug-likeness (QED) is 0.115. The smallest absolute Gasteiger partial charge is 0.307 e. The van der Waals surface area contributed by atoms with Crippen LogP contribution >= 0.6 is 11.3 Å². The largest absolute Gasteiger partial charge is 0.488 e. The summed E-state index contributed by atoms with van der Waals surface area (Å²) in [7, 11) is 0. The average Bonchev–Trinajstić information content (AvgIpc) is 3.65. The number of halogens is 4. The standard InChI is InChI=1S/C17H18S.C14H14.C11H12F2O.C9H12.C4H6F2.C2H6/c1-4-12-5-7-16-14(9-12)15-10-13(11(2)3)6-8-17(15)18-16;1-11-7-3-5-9-13(11)14-10-6-4-8-12(14)2;1-8-3-5-10(6-4-8)7-14-9(2)11(12)13;1-3-9-6-4-8(2)5-7-9;1-3(5)4(2)6;1-2/h5-11H,4H2,1-3H3;3-10H,1-2H3;3-6H,7H2,1-2H3;4-7H,3H2,1-2H3;1-2H3;1-2H3/b;;;;4-3-;. The summed E-state index contributed by atoms with van der Waals surface area (Å²) in [6.45, 7) is 24.9. The summed E-state index contributed by atoms with van der Waals surface area (Å²) in [6.07, 6.45) is 0.481. The third-order valence-electron chi connectivity index (χ3n) is 10.1. The zero-order valence-corrected chi connectivity index (χ0v) is 40.5. The van der Waals surface area contributed by atoms with Crippen molar-refractivity contribution in [2.45, 2.75) is 115 Å². The number of hydrogen-bond acceptors (Lipinski definition) is 2. The molecule has 1 nitrogen and oxygen atoms in total. The Bertz CT molecular complexity index is 2410. The van der Waals surface area contributed by atoms with Gasteiger partial charge in [0, 0.05) is 20.2 Å². The van der Waals surface area contributed by atoms with Gasteiger partial charge in [0.05, 0.1) is 0 Å². The Morgan fingerprint density at radius 3 is 1.35 bits per heavy atom. The van der Waals surface area contributed by atoms with Gasteiger partial charge in [0.15, 0.2) is 5.76 Å². The Morgan fingerprint density at radius 2 is 0.937 bits per heavy atom. The van der Waals surface area contributed by atoms with Crippen molar-refractivity contribution >= 4 is 31.5 Å². The second-order valence-electron chi connectivity index (χ2n) is 15.3. The van der Waals surface area contributed by atoms with Gasteiger partial charge in [0.1, 0.15) is 18.3 Å². The molecule has 0 N–H and O–H groups in total. The molecule has 7 aromatic rings. The minimum absolute atomic E-state index is 0.184. The van der Waals surface area contributed by atoms with Crippen molar-refractivity contribution in [3.63, 3.8) is 0 Å². The van der Waals surface area contributed by atoms with E-state index in [-0.39, 0.29) is 12.4 Å². The van der Waals surface area contributed by atoms with Crippen LogP contribution in [-0.4, -0.2) is 0 Å². The van der Waals surface area contributed by atoms with Gasteiger partial charge in [-0.15, -0.1) is 11.3 Å². The highest BCUT2D eigenvalue weighted by molar-refractivity contribution is 7.25. The Labute approximate surface area is 380 Å². The fourth-order valence-electron chi connectivity index (χ4n) is 5.93. The van der Waals surface area contributed by atoms with Crippen molar-refractivity contribution in [1.29, 1.82) is 0 Å². The monoisotopic (exact) mass is 876 g/mol. The number of fused-ring (bicyclic) bond motifs is 3. The predicted molar refractivity (Wildman–Crippen MR) is 268 cm³/mol. The molecular weight excluding hydrogens is 809 g/mol. The van der Waals surface area contributed by atoms with E-state index in [1.807, 2.05) is 56.4 Å². The third kappa shape index (κ3) is 18.4. The maximum absolute atomic E-state index is 11.9. The number of hydrogen-bond donors (Lipinski definition) is 0. The summed E-state index contributed by atoms with van der Waals surface area (Å²) >= 11 is 1.90. The number of ether oxygens (including phenoxy) is 1. The maximum Gasteiger partial charge on any atom is 0.307 e. The molecule has 0 atom stereocenters. The molecule has 7 rings (SSSR count). The molecule has 0 aliphatic rings. The van der Waals surface area contributed by atoms with Gasteiger partial charge in [0.25, 0.3) is 0 Å². The topological polar surface area (TPSA) is 9.23 Å². The van der Waals surface area contributed by atoms with Gasteiger partial charge < -0.3 is 4.74 Å². The molecule has 0 aliphatic carbocycles.